The number of benzene rings is 1. The molecule has 7 heteroatoms. The largest absolute Gasteiger partial charge is 0.338 e. The first-order valence-electron chi connectivity index (χ1n) is 4.46. The minimum atomic E-state index is 0.127. The summed E-state index contributed by atoms with van der Waals surface area (Å²) >= 11 is 20.9. The summed E-state index contributed by atoms with van der Waals surface area (Å²) < 4.78 is 0.802. The van der Waals surface area contributed by atoms with Crippen LogP contribution in [-0.4, -0.2) is 9.97 Å². The average Bonchev–Trinajstić information content (AvgIpc) is 2.27. The highest BCUT2D eigenvalue weighted by molar-refractivity contribution is 9.10. The van der Waals surface area contributed by atoms with Crippen molar-refractivity contribution in [3.8, 4) is 0 Å². The highest BCUT2D eigenvalue weighted by Gasteiger charge is 2.07. The molecule has 17 heavy (non-hydrogen) atoms. The predicted molar refractivity (Wildman–Crippen MR) is 74.5 cm³/mol. The molecule has 3 nitrogen and oxygen atoms in total. The Kier molecular flexibility index (Phi) is 4.09. The van der Waals surface area contributed by atoms with Crippen LogP contribution < -0.4 is 5.32 Å². The van der Waals surface area contributed by atoms with Gasteiger partial charge in [0.05, 0.1) is 11.9 Å². The lowest BCUT2D eigenvalue weighted by molar-refractivity contribution is 1.17. The number of nitrogens with one attached hydrogen (secondary N) is 1. The highest BCUT2D eigenvalue weighted by Crippen LogP contribution is 2.30. The molecule has 0 aliphatic carbocycles. The van der Waals surface area contributed by atoms with Crippen molar-refractivity contribution in [1.29, 1.82) is 0 Å². The van der Waals surface area contributed by atoms with Gasteiger partial charge in [0.15, 0.2) is 5.82 Å². The van der Waals surface area contributed by atoms with E-state index >= 15 is 0 Å². The second-order valence-corrected chi connectivity index (χ2v) is 5.12. The van der Waals surface area contributed by atoms with Gasteiger partial charge in [-0.15, -0.1) is 0 Å². The minimum absolute atomic E-state index is 0.127. The van der Waals surface area contributed by atoms with Gasteiger partial charge >= 0.3 is 0 Å². The van der Waals surface area contributed by atoms with Gasteiger partial charge in [-0.25, -0.2) is 4.98 Å². The van der Waals surface area contributed by atoms with Gasteiger partial charge in [0.2, 0.25) is 5.28 Å². The van der Waals surface area contributed by atoms with Gasteiger partial charge in [-0.2, -0.15) is 4.98 Å². The van der Waals surface area contributed by atoms with Crippen molar-refractivity contribution < 1.29 is 0 Å². The fourth-order valence-electron chi connectivity index (χ4n) is 1.15. The van der Waals surface area contributed by atoms with Crippen LogP contribution in [0.4, 0.5) is 11.5 Å². The standard InChI is InChI=1S/C10H5BrCl3N3/c11-6-3-5(12)1-2-8(6)16-9-7(13)4-15-10(14)17-9/h1-4H,(H,15,16,17). The zero-order valence-corrected chi connectivity index (χ0v) is 12.1. The minimum Gasteiger partial charge on any atom is -0.338 e. The third-order valence-corrected chi connectivity index (χ3v) is 3.25. The molecule has 2 rings (SSSR count). The van der Waals surface area contributed by atoms with Gasteiger partial charge in [0, 0.05) is 9.50 Å². The molecule has 0 atom stereocenters. The van der Waals surface area contributed by atoms with E-state index in [9.17, 15) is 0 Å². The third kappa shape index (κ3) is 3.22. The molecule has 2 aromatic rings. The van der Waals surface area contributed by atoms with E-state index in [-0.39, 0.29) is 5.28 Å². The van der Waals surface area contributed by atoms with E-state index in [0.717, 1.165) is 10.2 Å². The monoisotopic (exact) mass is 351 g/mol. The normalized spacial score (nSPS) is 10.4. The summed E-state index contributed by atoms with van der Waals surface area (Å²) in [4.78, 5) is 7.76. The Morgan fingerprint density at radius 1 is 1.18 bits per heavy atom. The number of hydrogen-bond acceptors (Lipinski definition) is 3. The lowest BCUT2D eigenvalue weighted by atomic mass is 10.3. The van der Waals surface area contributed by atoms with Crippen LogP contribution in [0.2, 0.25) is 15.3 Å². The van der Waals surface area contributed by atoms with Crippen LogP contribution in [0.5, 0.6) is 0 Å². The number of aromatic nitrogens is 2. The first kappa shape index (κ1) is 12.9. The number of nitrogens with zero attached hydrogens (tertiary/aromatic N) is 2. The fourth-order valence-corrected chi connectivity index (χ4v) is 2.21. The van der Waals surface area contributed by atoms with E-state index in [4.69, 9.17) is 34.8 Å². The summed E-state index contributed by atoms with van der Waals surface area (Å²) in [5.41, 5.74) is 0.783. The summed E-state index contributed by atoms with van der Waals surface area (Å²) in [6.45, 7) is 0. The van der Waals surface area contributed by atoms with Crippen LogP contribution in [0.3, 0.4) is 0 Å². The van der Waals surface area contributed by atoms with Gasteiger partial charge < -0.3 is 5.32 Å². The number of hydrogen-bond donors (Lipinski definition) is 1. The molecule has 0 fully saturated rings. The van der Waals surface area contributed by atoms with E-state index in [1.165, 1.54) is 6.20 Å². The predicted octanol–water partition coefficient (Wildman–Crippen LogP) is 4.94. The second-order valence-electron chi connectivity index (χ2n) is 3.08. The Labute approximate surface area is 121 Å². The molecule has 1 N–H and O–H groups in total. The van der Waals surface area contributed by atoms with E-state index in [1.54, 1.807) is 18.2 Å². The lowest BCUT2D eigenvalue weighted by Crippen LogP contribution is -1.96. The Hall–Kier alpha value is -0.550. The van der Waals surface area contributed by atoms with Crippen LogP contribution in [0, 0.1) is 0 Å². The lowest BCUT2D eigenvalue weighted by Gasteiger charge is -2.09. The summed E-state index contributed by atoms with van der Waals surface area (Å²) in [6.07, 6.45) is 1.43. The summed E-state index contributed by atoms with van der Waals surface area (Å²) in [7, 11) is 0. The molecule has 0 saturated carbocycles. The van der Waals surface area contributed by atoms with E-state index in [0.29, 0.717) is 15.9 Å². The molecule has 0 amide bonds. The Bertz CT molecular complexity index is 562. The highest BCUT2D eigenvalue weighted by atomic mass is 79.9. The molecule has 0 spiro atoms. The van der Waals surface area contributed by atoms with Crippen molar-refractivity contribution in [2.24, 2.45) is 0 Å². The maximum absolute atomic E-state index is 5.94. The molecular weight excluding hydrogens is 348 g/mol. The Balaban J connectivity index is 2.34. The average molecular weight is 353 g/mol. The topological polar surface area (TPSA) is 37.8 Å². The van der Waals surface area contributed by atoms with Crippen LogP contribution in [-0.2, 0) is 0 Å². The molecular formula is C10H5BrCl3N3. The first-order valence-corrected chi connectivity index (χ1v) is 6.39. The van der Waals surface area contributed by atoms with Crippen molar-refractivity contribution in [2.45, 2.75) is 0 Å². The van der Waals surface area contributed by atoms with Crippen LogP contribution in [0.15, 0.2) is 28.9 Å². The molecule has 1 aromatic heterocycles. The molecule has 0 unspecified atom stereocenters. The van der Waals surface area contributed by atoms with Gasteiger partial charge in [0.25, 0.3) is 0 Å². The molecule has 0 saturated heterocycles. The summed E-state index contributed by atoms with van der Waals surface area (Å²) in [6, 6.07) is 5.32. The maximum atomic E-state index is 5.94. The number of halogens is 4. The molecule has 0 radical (unpaired) electrons. The van der Waals surface area contributed by atoms with Gasteiger partial charge in [-0.3, -0.25) is 0 Å². The SMILES string of the molecule is Clc1ccc(Nc2nc(Cl)ncc2Cl)c(Br)c1. The summed E-state index contributed by atoms with van der Waals surface area (Å²) in [5.74, 6) is 0.440. The zero-order valence-electron chi connectivity index (χ0n) is 8.22. The molecule has 88 valence electrons. The zero-order chi connectivity index (χ0) is 12.4. The molecule has 1 aromatic carbocycles. The first-order chi connectivity index (χ1) is 8.06. The van der Waals surface area contributed by atoms with Crippen molar-refractivity contribution in [3.63, 3.8) is 0 Å². The molecule has 0 aliphatic rings. The van der Waals surface area contributed by atoms with Crippen molar-refractivity contribution in [2.75, 3.05) is 5.32 Å². The number of rotatable bonds is 2. The fraction of sp³-hybridized carbons (Fsp3) is 0. The Morgan fingerprint density at radius 2 is 1.94 bits per heavy atom. The van der Waals surface area contributed by atoms with Gasteiger partial charge in [0.1, 0.15) is 5.02 Å². The maximum Gasteiger partial charge on any atom is 0.224 e. The molecule has 0 bridgehead atoms. The third-order valence-electron chi connectivity index (χ3n) is 1.90. The second kappa shape index (κ2) is 5.40. The van der Waals surface area contributed by atoms with E-state index in [2.05, 4.69) is 31.2 Å². The van der Waals surface area contributed by atoms with Crippen LogP contribution in [0.1, 0.15) is 0 Å². The van der Waals surface area contributed by atoms with Crippen molar-refractivity contribution >= 4 is 62.2 Å². The molecule has 0 aliphatic heterocycles. The van der Waals surface area contributed by atoms with Gasteiger partial charge in [-0.05, 0) is 45.7 Å². The quantitative estimate of drug-likeness (QED) is 0.777. The van der Waals surface area contributed by atoms with Gasteiger partial charge in [-0.1, -0.05) is 23.2 Å². The van der Waals surface area contributed by atoms with Crippen LogP contribution in [0.25, 0.3) is 0 Å². The van der Waals surface area contributed by atoms with E-state index < -0.39 is 0 Å². The van der Waals surface area contributed by atoms with Crippen molar-refractivity contribution in [3.05, 3.63) is 44.2 Å². The molecule has 1 heterocycles. The van der Waals surface area contributed by atoms with E-state index in [1.807, 2.05) is 0 Å². The Morgan fingerprint density at radius 3 is 2.65 bits per heavy atom. The smallest absolute Gasteiger partial charge is 0.224 e. The number of anilines is 2. The van der Waals surface area contributed by atoms with Crippen molar-refractivity contribution in [1.82, 2.24) is 9.97 Å². The van der Waals surface area contributed by atoms with Crippen LogP contribution >= 0.6 is 50.7 Å². The summed E-state index contributed by atoms with van der Waals surface area (Å²) in [5, 5.41) is 4.18.